The van der Waals surface area contributed by atoms with Gasteiger partial charge in [0.15, 0.2) is 5.13 Å². The summed E-state index contributed by atoms with van der Waals surface area (Å²) in [7, 11) is 2.63. The van der Waals surface area contributed by atoms with Crippen LogP contribution in [0.15, 0.2) is 36.7 Å². The Morgan fingerprint density at radius 2 is 1.83 bits per heavy atom. The monoisotopic (exact) mass is 618 g/mol. The highest BCUT2D eigenvalue weighted by atomic mass is 35.5. The van der Waals surface area contributed by atoms with Crippen molar-refractivity contribution in [2.24, 2.45) is 0 Å². The molecule has 5 heterocycles. The number of amides is 2. The third-order valence-corrected chi connectivity index (χ3v) is 7.77. The minimum Gasteiger partial charge on any atom is -0.494 e. The average Bonchev–Trinajstić information content (AvgIpc) is 3.49. The number of aryl methyl sites for hydroxylation is 1. The maximum Gasteiger partial charge on any atom is 0.433 e. The lowest BCUT2D eigenvalue weighted by Gasteiger charge is -2.22. The molecule has 0 aliphatic carbocycles. The first kappa shape index (κ1) is 29.2. The van der Waals surface area contributed by atoms with E-state index in [0.717, 1.165) is 24.1 Å². The van der Waals surface area contributed by atoms with Gasteiger partial charge in [0.25, 0.3) is 11.8 Å². The molecule has 1 atom stereocenters. The number of nitrogens with zero attached hydrogens (tertiary/aromatic N) is 5. The predicted molar refractivity (Wildman–Crippen MR) is 148 cm³/mol. The number of carbonyl (C=O) groups is 2. The molecule has 0 bridgehead atoms. The quantitative estimate of drug-likeness (QED) is 0.263. The lowest BCUT2D eigenvalue weighted by Crippen LogP contribution is -2.29. The molecule has 4 aromatic rings. The van der Waals surface area contributed by atoms with Crippen LogP contribution in [-0.4, -0.2) is 50.9 Å². The number of methoxy groups -OCH3 is 2. The van der Waals surface area contributed by atoms with Crippen LogP contribution in [0.2, 0.25) is 5.15 Å². The fraction of sp³-hybridized carbons (Fsp3) is 0.259. The maximum atomic E-state index is 13.4. The molecule has 0 saturated carbocycles. The van der Waals surface area contributed by atoms with Crippen LogP contribution >= 0.6 is 22.9 Å². The Morgan fingerprint density at radius 3 is 2.50 bits per heavy atom. The number of nitrogens with one attached hydrogen (secondary N) is 1. The standard InChI is InChI=1S/C27H22ClF3N6O4S/c1-12-7-15(16-8-21(28)33-10-18(16)40-3)17(9-32-12)23(38)36-26-35-22-13(2)37(11-19(22)42-26)25(39)14-5-6-20(27(29,30)31)34-24(14)41-4/h5-10,13H,11H2,1-4H3,(H,35,36,38). The lowest BCUT2D eigenvalue weighted by molar-refractivity contribution is -0.141. The van der Waals surface area contributed by atoms with Crippen molar-refractivity contribution in [3.63, 3.8) is 0 Å². The van der Waals surface area contributed by atoms with E-state index in [1.807, 2.05) is 0 Å². The van der Waals surface area contributed by atoms with Gasteiger partial charge in [-0.05, 0) is 38.1 Å². The summed E-state index contributed by atoms with van der Waals surface area (Å²) in [6.07, 6.45) is -1.77. The number of anilines is 1. The summed E-state index contributed by atoms with van der Waals surface area (Å²) in [5.41, 5.74) is 1.31. The fourth-order valence-corrected chi connectivity index (χ4v) is 5.74. The number of ether oxygens (including phenoxy) is 2. The highest BCUT2D eigenvalue weighted by molar-refractivity contribution is 7.16. The van der Waals surface area contributed by atoms with Crippen LogP contribution < -0.4 is 14.8 Å². The summed E-state index contributed by atoms with van der Waals surface area (Å²) in [4.78, 5) is 45.2. The number of rotatable bonds is 6. The largest absolute Gasteiger partial charge is 0.494 e. The van der Waals surface area contributed by atoms with E-state index in [9.17, 15) is 22.8 Å². The third-order valence-electron chi connectivity index (χ3n) is 6.59. The van der Waals surface area contributed by atoms with E-state index >= 15 is 0 Å². The number of halogens is 4. The number of alkyl halides is 3. The molecular weight excluding hydrogens is 597 g/mol. The molecule has 1 aliphatic rings. The minimum atomic E-state index is -4.68. The fourth-order valence-electron chi connectivity index (χ4n) is 4.53. The number of fused-ring (bicyclic) bond motifs is 1. The SMILES string of the molecule is COc1cnc(Cl)cc1-c1cc(C)ncc1C(=O)Nc1nc2c(s1)CN(C(=O)c1ccc(C(F)(F)F)nc1OC)C2C. The molecule has 1 unspecified atom stereocenters. The van der Waals surface area contributed by atoms with Crippen LogP contribution in [0, 0.1) is 6.92 Å². The molecule has 0 aromatic carbocycles. The summed E-state index contributed by atoms with van der Waals surface area (Å²) in [6.45, 7) is 3.66. The molecule has 10 nitrogen and oxygen atoms in total. The molecule has 0 fully saturated rings. The van der Waals surface area contributed by atoms with Crippen molar-refractivity contribution < 1.29 is 32.2 Å². The summed E-state index contributed by atoms with van der Waals surface area (Å²) in [5, 5.41) is 3.34. The first-order valence-corrected chi connectivity index (χ1v) is 13.5. The third kappa shape index (κ3) is 5.46. The van der Waals surface area contributed by atoms with Gasteiger partial charge in [0.2, 0.25) is 5.88 Å². The van der Waals surface area contributed by atoms with Crippen molar-refractivity contribution in [2.45, 2.75) is 32.6 Å². The van der Waals surface area contributed by atoms with Gasteiger partial charge in [-0.25, -0.2) is 15.0 Å². The summed E-state index contributed by atoms with van der Waals surface area (Å²) >= 11 is 7.31. The van der Waals surface area contributed by atoms with Crippen molar-refractivity contribution in [3.8, 4) is 22.8 Å². The first-order chi connectivity index (χ1) is 19.9. The van der Waals surface area contributed by atoms with Crippen LogP contribution in [0.25, 0.3) is 11.1 Å². The van der Waals surface area contributed by atoms with E-state index in [2.05, 4.69) is 25.3 Å². The van der Waals surface area contributed by atoms with E-state index in [1.165, 1.54) is 35.7 Å². The normalized spacial score (nSPS) is 14.5. The van der Waals surface area contributed by atoms with Gasteiger partial charge >= 0.3 is 6.18 Å². The molecule has 15 heteroatoms. The Balaban J connectivity index is 1.37. The van der Waals surface area contributed by atoms with E-state index in [4.69, 9.17) is 21.1 Å². The molecule has 0 saturated heterocycles. The average molecular weight is 619 g/mol. The van der Waals surface area contributed by atoms with E-state index < -0.39 is 35.6 Å². The summed E-state index contributed by atoms with van der Waals surface area (Å²) < 4.78 is 49.7. The molecule has 2 amide bonds. The summed E-state index contributed by atoms with van der Waals surface area (Å²) in [5.74, 6) is -1.03. The number of thiazole rings is 1. The zero-order valence-corrected chi connectivity index (χ0v) is 24.1. The van der Waals surface area contributed by atoms with Gasteiger partial charge in [0, 0.05) is 23.0 Å². The van der Waals surface area contributed by atoms with Crippen LogP contribution in [0.3, 0.4) is 0 Å². The van der Waals surface area contributed by atoms with Crippen molar-refractivity contribution in [2.75, 3.05) is 19.5 Å². The van der Waals surface area contributed by atoms with Gasteiger partial charge in [-0.15, -0.1) is 0 Å². The number of hydrogen-bond donors (Lipinski definition) is 1. The topological polar surface area (TPSA) is 119 Å². The van der Waals surface area contributed by atoms with Gasteiger partial charge in [-0.1, -0.05) is 22.9 Å². The minimum absolute atomic E-state index is 0.105. The Morgan fingerprint density at radius 1 is 1.07 bits per heavy atom. The van der Waals surface area contributed by atoms with E-state index in [1.54, 1.807) is 26.0 Å². The smallest absolute Gasteiger partial charge is 0.433 e. The zero-order chi connectivity index (χ0) is 30.3. The Labute approximate surface area is 246 Å². The molecule has 5 rings (SSSR count). The molecule has 1 aliphatic heterocycles. The van der Waals surface area contributed by atoms with Crippen LogP contribution in [0.4, 0.5) is 18.3 Å². The van der Waals surface area contributed by atoms with Crippen LogP contribution in [-0.2, 0) is 12.7 Å². The first-order valence-electron chi connectivity index (χ1n) is 12.3. The Bertz CT molecular complexity index is 1710. The van der Waals surface area contributed by atoms with Gasteiger partial charge in [-0.3, -0.25) is 19.9 Å². The maximum absolute atomic E-state index is 13.4. The van der Waals surface area contributed by atoms with Crippen LogP contribution in [0.5, 0.6) is 11.6 Å². The van der Waals surface area contributed by atoms with Crippen molar-refractivity contribution >= 4 is 39.9 Å². The molecule has 218 valence electrons. The molecule has 4 aromatic heterocycles. The van der Waals surface area contributed by atoms with Crippen molar-refractivity contribution in [1.29, 1.82) is 0 Å². The number of hydrogen-bond acceptors (Lipinski definition) is 9. The highest BCUT2D eigenvalue weighted by Crippen LogP contribution is 2.41. The highest BCUT2D eigenvalue weighted by Gasteiger charge is 2.38. The second-order valence-electron chi connectivity index (χ2n) is 9.22. The molecule has 42 heavy (non-hydrogen) atoms. The lowest BCUT2D eigenvalue weighted by atomic mass is 10.0. The van der Waals surface area contributed by atoms with Gasteiger partial charge in [0.05, 0.1) is 49.1 Å². The molecule has 0 radical (unpaired) electrons. The van der Waals surface area contributed by atoms with Crippen molar-refractivity contribution in [3.05, 3.63) is 74.9 Å². The van der Waals surface area contributed by atoms with E-state index in [0.29, 0.717) is 33.4 Å². The van der Waals surface area contributed by atoms with Gasteiger partial charge < -0.3 is 14.4 Å². The summed E-state index contributed by atoms with van der Waals surface area (Å²) in [6, 6.07) is 4.59. The number of aromatic nitrogens is 4. The second-order valence-corrected chi connectivity index (χ2v) is 10.7. The van der Waals surface area contributed by atoms with Gasteiger partial charge in [-0.2, -0.15) is 13.2 Å². The zero-order valence-electron chi connectivity index (χ0n) is 22.5. The molecular formula is C27H22ClF3N6O4S. The second kappa shape index (κ2) is 11.2. The predicted octanol–water partition coefficient (Wildman–Crippen LogP) is 5.96. The molecule has 0 spiro atoms. The van der Waals surface area contributed by atoms with E-state index in [-0.39, 0.29) is 22.8 Å². The Kier molecular flexibility index (Phi) is 7.77. The Hall–Kier alpha value is -4.30. The van der Waals surface area contributed by atoms with Crippen molar-refractivity contribution in [1.82, 2.24) is 24.8 Å². The molecule has 1 N–H and O–H groups in total. The number of carbonyl (C=O) groups excluding carboxylic acids is 2. The van der Waals surface area contributed by atoms with Crippen LogP contribution in [0.1, 0.15) is 55.6 Å². The van der Waals surface area contributed by atoms with Gasteiger partial charge in [0.1, 0.15) is 22.2 Å². The number of pyridine rings is 3.